The van der Waals surface area contributed by atoms with Gasteiger partial charge in [0, 0.05) is 19.2 Å². The van der Waals surface area contributed by atoms with Crippen LogP contribution in [0.3, 0.4) is 0 Å². The number of carbonyl (C=O) groups excluding carboxylic acids is 1. The summed E-state index contributed by atoms with van der Waals surface area (Å²) in [4.78, 5) is 23.4. The summed E-state index contributed by atoms with van der Waals surface area (Å²) in [5.74, 6) is -0.0825. The van der Waals surface area contributed by atoms with Crippen LogP contribution in [-0.4, -0.2) is 28.8 Å². The first-order chi connectivity index (χ1) is 8.66. The molecule has 2 rings (SSSR count). The highest BCUT2D eigenvalue weighted by molar-refractivity contribution is 5.91. The van der Waals surface area contributed by atoms with Gasteiger partial charge in [0.1, 0.15) is 10.7 Å². The third-order valence-corrected chi connectivity index (χ3v) is 2.85. The van der Waals surface area contributed by atoms with Gasteiger partial charge in [0.25, 0.3) is 0 Å². The van der Waals surface area contributed by atoms with Crippen LogP contribution in [0.15, 0.2) is 22.6 Å². The number of furan rings is 1. The highest BCUT2D eigenvalue weighted by Gasteiger charge is 2.14. The van der Waals surface area contributed by atoms with Crippen molar-refractivity contribution in [3.8, 4) is 0 Å². The van der Waals surface area contributed by atoms with E-state index in [1.807, 2.05) is 0 Å². The second-order valence-electron chi connectivity index (χ2n) is 4.15. The molecule has 6 heteroatoms. The number of hydrogen-bond donors (Lipinski definition) is 0. The van der Waals surface area contributed by atoms with Crippen molar-refractivity contribution in [2.24, 2.45) is 0 Å². The Morgan fingerprint density at radius 1 is 1.33 bits per heavy atom. The maximum absolute atomic E-state index is 11.8. The summed E-state index contributed by atoms with van der Waals surface area (Å²) in [5.41, 5.74) is 0. The maximum Gasteiger partial charge on any atom is 0.433 e. The first-order valence-electron chi connectivity index (χ1n) is 5.88. The minimum Gasteiger partial charge on any atom is -0.401 e. The van der Waals surface area contributed by atoms with E-state index in [1.165, 1.54) is 24.3 Å². The van der Waals surface area contributed by atoms with Crippen molar-refractivity contribution in [1.82, 2.24) is 4.90 Å². The molecule has 6 nitrogen and oxygen atoms in total. The zero-order valence-corrected chi connectivity index (χ0v) is 9.87. The summed E-state index contributed by atoms with van der Waals surface area (Å²) in [6, 6.07) is 2.74. The van der Waals surface area contributed by atoms with Gasteiger partial charge in [-0.2, -0.15) is 0 Å². The average Bonchev–Trinajstić information content (AvgIpc) is 2.86. The highest BCUT2D eigenvalue weighted by atomic mass is 16.6. The van der Waals surface area contributed by atoms with Crippen LogP contribution in [-0.2, 0) is 4.79 Å². The summed E-state index contributed by atoms with van der Waals surface area (Å²) in [6.45, 7) is 1.56. The molecule has 0 radical (unpaired) electrons. The largest absolute Gasteiger partial charge is 0.433 e. The normalized spacial score (nSPS) is 16.1. The lowest BCUT2D eigenvalue weighted by Gasteiger charge is -2.25. The number of nitrogens with zero attached hydrogens (tertiary/aromatic N) is 2. The summed E-state index contributed by atoms with van der Waals surface area (Å²) in [7, 11) is 0. The Kier molecular flexibility index (Phi) is 3.76. The molecule has 2 heterocycles. The lowest BCUT2D eigenvalue weighted by Crippen LogP contribution is -2.34. The van der Waals surface area contributed by atoms with E-state index in [2.05, 4.69) is 0 Å². The van der Waals surface area contributed by atoms with Crippen LogP contribution in [0.5, 0.6) is 0 Å². The molecule has 96 valence electrons. The van der Waals surface area contributed by atoms with Gasteiger partial charge >= 0.3 is 5.88 Å². The minimum atomic E-state index is -0.607. The Morgan fingerprint density at radius 2 is 2.06 bits per heavy atom. The number of amides is 1. The molecule has 1 aromatic heterocycles. The molecule has 0 aromatic carbocycles. The van der Waals surface area contributed by atoms with Gasteiger partial charge in [-0.1, -0.05) is 0 Å². The quantitative estimate of drug-likeness (QED) is 0.468. The predicted octanol–water partition coefficient (Wildman–Crippen LogP) is 2.21. The van der Waals surface area contributed by atoms with Gasteiger partial charge in [0.2, 0.25) is 5.91 Å². The molecule has 0 atom stereocenters. The van der Waals surface area contributed by atoms with Gasteiger partial charge in [0.15, 0.2) is 0 Å². The topological polar surface area (TPSA) is 76.6 Å². The zero-order chi connectivity index (χ0) is 13.0. The Labute approximate surface area is 104 Å². The second kappa shape index (κ2) is 5.48. The summed E-state index contributed by atoms with van der Waals surface area (Å²) >= 11 is 0. The third-order valence-electron chi connectivity index (χ3n) is 2.85. The van der Waals surface area contributed by atoms with Gasteiger partial charge in [-0.3, -0.25) is 14.9 Å². The first kappa shape index (κ1) is 12.3. The van der Waals surface area contributed by atoms with Crippen molar-refractivity contribution in [3.63, 3.8) is 0 Å². The zero-order valence-electron chi connectivity index (χ0n) is 9.87. The fraction of sp³-hybridized carbons (Fsp3) is 0.417. The summed E-state index contributed by atoms with van der Waals surface area (Å²) in [6.07, 6.45) is 6.09. The van der Waals surface area contributed by atoms with Crippen molar-refractivity contribution >= 4 is 17.9 Å². The fourth-order valence-electron chi connectivity index (χ4n) is 1.90. The molecule has 1 aliphatic rings. The van der Waals surface area contributed by atoms with Gasteiger partial charge in [-0.05, 0) is 31.4 Å². The Bertz CT molecular complexity index is 472. The van der Waals surface area contributed by atoms with Crippen LogP contribution in [0.4, 0.5) is 5.88 Å². The molecular weight excluding hydrogens is 236 g/mol. The number of nitro groups is 1. The predicted molar refractivity (Wildman–Crippen MR) is 64.8 cm³/mol. The lowest BCUT2D eigenvalue weighted by molar-refractivity contribution is -0.402. The van der Waals surface area contributed by atoms with Gasteiger partial charge in [-0.25, -0.2) is 0 Å². The second-order valence-corrected chi connectivity index (χ2v) is 4.15. The highest BCUT2D eigenvalue weighted by Crippen LogP contribution is 2.17. The molecule has 18 heavy (non-hydrogen) atoms. The monoisotopic (exact) mass is 250 g/mol. The molecule has 1 amide bonds. The van der Waals surface area contributed by atoms with Crippen molar-refractivity contribution in [1.29, 1.82) is 0 Å². The van der Waals surface area contributed by atoms with Crippen molar-refractivity contribution in [3.05, 3.63) is 34.1 Å². The third kappa shape index (κ3) is 2.97. The summed E-state index contributed by atoms with van der Waals surface area (Å²) < 4.78 is 4.93. The maximum atomic E-state index is 11.8. The SMILES string of the molecule is O=C(/C=C/c1ccc([N+](=O)[O-])o1)N1CCCCC1. The van der Waals surface area contributed by atoms with Crippen LogP contribution in [0.25, 0.3) is 6.08 Å². The van der Waals surface area contributed by atoms with Gasteiger partial charge < -0.3 is 9.32 Å². The van der Waals surface area contributed by atoms with Crippen LogP contribution in [0, 0.1) is 10.1 Å². The lowest BCUT2D eigenvalue weighted by atomic mass is 10.1. The summed E-state index contributed by atoms with van der Waals surface area (Å²) in [5, 5.41) is 10.4. The smallest absolute Gasteiger partial charge is 0.401 e. The molecule has 0 aliphatic carbocycles. The van der Waals surface area contributed by atoms with Crippen molar-refractivity contribution < 1.29 is 14.1 Å². The first-order valence-corrected chi connectivity index (χ1v) is 5.88. The van der Waals surface area contributed by atoms with Crippen molar-refractivity contribution in [2.75, 3.05) is 13.1 Å². The van der Waals surface area contributed by atoms with Crippen LogP contribution < -0.4 is 0 Å². The van der Waals surface area contributed by atoms with E-state index < -0.39 is 4.92 Å². The van der Waals surface area contributed by atoms with Crippen LogP contribution in [0.1, 0.15) is 25.0 Å². The Hall–Kier alpha value is -2.11. The Balaban J connectivity index is 1.96. The van der Waals surface area contributed by atoms with Gasteiger partial charge in [0.05, 0.1) is 6.07 Å². The number of hydrogen-bond acceptors (Lipinski definition) is 4. The van der Waals surface area contributed by atoms with Crippen molar-refractivity contribution in [2.45, 2.75) is 19.3 Å². The van der Waals surface area contributed by atoms with E-state index >= 15 is 0 Å². The number of rotatable bonds is 3. The molecule has 1 saturated heterocycles. The van der Waals surface area contributed by atoms with Crippen LogP contribution >= 0.6 is 0 Å². The van der Waals surface area contributed by atoms with Gasteiger partial charge in [-0.15, -0.1) is 0 Å². The molecule has 1 aromatic rings. The fourth-order valence-corrected chi connectivity index (χ4v) is 1.90. The molecule has 0 unspecified atom stereocenters. The van der Waals surface area contributed by atoms with Crippen LogP contribution in [0.2, 0.25) is 0 Å². The minimum absolute atomic E-state index is 0.0752. The molecule has 0 N–H and O–H groups in total. The molecule has 1 aliphatic heterocycles. The van der Waals surface area contributed by atoms with E-state index in [9.17, 15) is 14.9 Å². The Morgan fingerprint density at radius 3 is 2.67 bits per heavy atom. The average molecular weight is 250 g/mol. The standard InChI is InChI=1S/C12H14N2O4/c15-11(13-8-2-1-3-9-13)6-4-10-5-7-12(18-10)14(16)17/h4-7H,1-3,8-9H2/b6-4+. The molecule has 0 bridgehead atoms. The number of carbonyl (C=O) groups is 1. The van der Waals surface area contributed by atoms with E-state index in [-0.39, 0.29) is 11.8 Å². The van der Waals surface area contributed by atoms with E-state index in [1.54, 1.807) is 4.90 Å². The number of likely N-dealkylation sites (tertiary alicyclic amines) is 1. The van der Waals surface area contributed by atoms with E-state index in [0.29, 0.717) is 5.76 Å². The number of piperidine rings is 1. The van der Waals surface area contributed by atoms with E-state index in [4.69, 9.17) is 4.42 Å². The molecule has 1 fully saturated rings. The molecule has 0 spiro atoms. The van der Waals surface area contributed by atoms with E-state index in [0.717, 1.165) is 32.4 Å². The molecule has 0 saturated carbocycles. The molecular formula is C12H14N2O4.